The van der Waals surface area contributed by atoms with Crippen molar-refractivity contribution in [1.82, 2.24) is 14.2 Å². The van der Waals surface area contributed by atoms with Gasteiger partial charge >= 0.3 is 0 Å². The predicted octanol–water partition coefficient (Wildman–Crippen LogP) is 3.47. The molecule has 1 fully saturated rings. The molecule has 6 nitrogen and oxygen atoms in total. The van der Waals surface area contributed by atoms with E-state index in [9.17, 15) is 17.6 Å². The van der Waals surface area contributed by atoms with Crippen LogP contribution in [0.15, 0.2) is 46.7 Å². The summed E-state index contributed by atoms with van der Waals surface area (Å²) in [5, 5.41) is 2.78. The lowest BCUT2D eigenvalue weighted by atomic mass is 10.3. The van der Waals surface area contributed by atoms with E-state index in [1.807, 2.05) is 24.4 Å². The van der Waals surface area contributed by atoms with Crippen molar-refractivity contribution in [3.8, 4) is 9.88 Å². The van der Waals surface area contributed by atoms with Gasteiger partial charge in [0.15, 0.2) is 0 Å². The number of piperazine rings is 1. The average Bonchev–Trinajstić information content (AvgIpc) is 3.37. The quantitative estimate of drug-likeness (QED) is 0.609. The first-order valence-electron chi connectivity index (χ1n) is 8.92. The molecule has 1 aromatic carbocycles. The van der Waals surface area contributed by atoms with Crippen LogP contribution in [0.4, 0.5) is 4.39 Å². The highest BCUT2D eigenvalue weighted by molar-refractivity contribution is 7.89. The normalized spacial score (nSPS) is 15.6. The fourth-order valence-electron chi connectivity index (χ4n) is 3.15. The van der Waals surface area contributed by atoms with Crippen LogP contribution >= 0.6 is 22.7 Å². The molecule has 0 unspecified atom stereocenters. The lowest BCUT2D eigenvalue weighted by Crippen LogP contribution is -2.50. The number of benzene rings is 1. The Morgan fingerprint density at radius 2 is 1.90 bits per heavy atom. The van der Waals surface area contributed by atoms with Gasteiger partial charge in [0.1, 0.15) is 15.7 Å². The van der Waals surface area contributed by atoms with Crippen LogP contribution in [0.5, 0.6) is 0 Å². The van der Waals surface area contributed by atoms with Crippen molar-refractivity contribution >= 4 is 38.6 Å². The molecular formula is C19H18FN3O3S3. The maximum atomic E-state index is 13.4. The van der Waals surface area contributed by atoms with Crippen LogP contribution in [0.25, 0.3) is 9.88 Å². The first kappa shape index (κ1) is 20.1. The number of halogens is 1. The molecule has 0 saturated carbocycles. The zero-order valence-corrected chi connectivity index (χ0v) is 18.0. The second kappa shape index (κ2) is 7.94. The number of carbonyl (C=O) groups is 1. The van der Waals surface area contributed by atoms with Gasteiger partial charge in [0, 0.05) is 26.2 Å². The monoisotopic (exact) mass is 451 g/mol. The Morgan fingerprint density at radius 3 is 2.55 bits per heavy atom. The third-order valence-electron chi connectivity index (χ3n) is 4.68. The third-order valence-corrected chi connectivity index (χ3v) is 8.76. The van der Waals surface area contributed by atoms with Crippen LogP contribution in [0.1, 0.15) is 15.4 Å². The van der Waals surface area contributed by atoms with E-state index in [0.717, 1.165) is 16.0 Å². The summed E-state index contributed by atoms with van der Waals surface area (Å²) in [5.41, 5.74) is 0.679. The molecule has 29 heavy (non-hydrogen) atoms. The van der Waals surface area contributed by atoms with Gasteiger partial charge in [-0.05, 0) is 36.6 Å². The number of nitrogens with zero attached hydrogens (tertiary/aromatic N) is 3. The van der Waals surface area contributed by atoms with Gasteiger partial charge < -0.3 is 4.90 Å². The van der Waals surface area contributed by atoms with Crippen molar-refractivity contribution < 1.29 is 17.6 Å². The summed E-state index contributed by atoms with van der Waals surface area (Å²) < 4.78 is 40.2. The van der Waals surface area contributed by atoms with Gasteiger partial charge in [0.05, 0.1) is 15.5 Å². The lowest BCUT2D eigenvalue weighted by Gasteiger charge is -2.33. The van der Waals surface area contributed by atoms with Crippen LogP contribution in [0.2, 0.25) is 0 Å². The maximum absolute atomic E-state index is 13.4. The molecular weight excluding hydrogens is 433 g/mol. The first-order valence-corrected chi connectivity index (χ1v) is 12.1. The van der Waals surface area contributed by atoms with E-state index in [-0.39, 0.29) is 37.0 Å². The molecule has 0 bridgehead atoms. The van der Waals surface area contributed by atoms with E-state index < -0.39 is 15.8 Å². The summed E-state index contributed by atoms with van der Waals surface area (Å²) >= 11 is 2.93. The van der Waals surface area contributed by atoms with Crippen molar-refractivity contribution in [2.24, 2.45) is 0 Å². The standard InChI is InChI=1S/C19H18FN3O3S3/c1-13-17(28-18(21-13)16-6-3-11-27-16)19(24)22-7-9-23(10-8-22)29(25,26)15-5-2-4-14(20)12-15/h2-6,11-12H,7-10H2,1H3. The van der Waals surface area contributed by atoms with Gasteiger partial charge in [-0.3, -0.25) is 4.79 Å². The SMILES string of the molecule is Cc1nc(-c2cccs2)sc1C(=O)N1CCN(S(=O)(=O)c2cccc(F)c2)CC1. The fraction of sp³-hybridized carbons (Fsp3) is 0.263. The Balaban J connectivity index is 1.47. The van der Waals surface area contributed by atoms with Crippen molar-refractivity contribution in [2.45, 2.75) is 11.8 Å². The second-order valence-electron chi connectivity index (χ2n) is 6.56. The van der Waals surface area contributed by atoms with Gasteiger partial charge in [-0.15, -0.1) is 22.7 Å². The first-order chi connectivity index (χ1) is 13.9. The molecule has 3 heterocycles. The lowest BCUT2D eigenvalue weighted by molar-refractivity contribution is 0.0702. The number of hydrogen-bond acceptors (Lipinski definition) is 6. The summed E-state index contributed by atoms with van der Waals surface area (Å²) in [6, 6.07) is 8.88. The number of aryl methyl sites for hydroxylation is 1. The van der Waals surface area contributed by atoms with E-state index in [1.165, 1.54) is 33.8 Å². The highest BCUT2D eigenvalue weighted by Gasteiger charge is 2.31. The molecule has 1 aliphatic heterocycles. The number of thiophene rings is 1. The van der Waals surface area contributed by atoms with E-state index in [2.05, 4.69) is 4.98 Å². The van der Waals surface area contributed by atoms with Gasteiger partial charge in [-0.1, -0.05) is 12.1 Å². The molecule has 0 radical (unpaired) electrons. The number of amides is 1. The Kier molecular flexibility index (Phi) is 5.52. The molecule has 0 aliphatic carbocycles. The fourth-order valence-corrected chi connectivity index (χ4v) is 6.44. The van der Waals surface area contributed by atoms with Crippen molar-refractivity contribution in [3.63, 3.8) is 0 Å². The molecule has 10 heteroatoms. The van der Waals surface area contributed by atoms with Gasteiger partial charge in [-0.2, -0.15) is 4.31 Å². The Labute approximate surface area is 176 Å². The van der Waals surface area contributed by atoms with Crippen LogP contribution in [-0.4, -0.2) is 54.7 Å². The van der Waals surface area contributed by atoms with Crippen LogP contribution in [-0.2, 0) is 10.0 Å². The minimum absolute atomic E-state index is 0.0730. The molecule has 0 N–H and O–H groups in total. The summed E-state index contributed by atoms with van der Waals surface area (Å²) in [5.74, 6) is -0.729. The van der Waals surface area contributed by atoms with Gasteiger partial charge in [-0.25, -0.2) is 17.8 Å². The molecule has 1 amide bonds. The zero-order chi connectivity index (χ0) is 20.6. The summed E-state index contributed by atoms with van der Waals surface area (Å²) in [4.78, 5) is 20.6. The summed E-state index contributed by atoms with van der Waals surface area (Å²) in [6.07, 6.45) is 0. The Bertz CT molecular complexity index is 1130. The minimum atomic E-state index is -3.78. The van der Waals surface area contributed by atoms with E-state index in [1.54, 1.807) is 16.2 Å². The van der Waals surface area contributed by atoms with E-state index >= 15 is 0 Å². The highest BCUT2D eigenvalue weighted by atomic mass is 32.2. The zero-order valence-electron chi connectivity index (χ0n) is 15.5. The number of hydrogen-bond donors (Lipinski definition) is 0. The smallest absolute Gasteiger partial charge is 0.265 e. The molecule has 4 rings (SSSR count). The van der Waals surface area contributed by atoms with Crippen molar-refractivity contribution in [2.75, 3.05) is 26.2 Å². The summed E-state index contributed by atoms with van der Waals surface area (Å²) in [7, 11) is -3.78. The topological polar surface area (TPSA) is 70.6 Å². The van der Waals surface area contributed by atoms with Crippen LogP contribution in [0, 0.1) is 12.7 Å². The van der Waals surface area contributed by atoms with E-state index in [0.29, 0.717) is 10.6 Å². The average molecular weight is 452 g/mol. The van der Waals surface area contributed by atoms with Crippen LogP contribution in [0.3, 0.4) is 0 Å². The van der Waals surface area contributed by atoms with Crippen molar-refractivity contribution in [1.29, 1.82) is 0 Å². The highest BCUT2D eigenvalue weighted by Crippen LogP contribution is 2.32. The number of carbonyl (C=O) groups excluding carboxylic acids is 1. The molecule has 2 aromatic heterocycles. The predicted molar refractivity (Wildman–Crippen MR) is 111 cm³/mol. The van der Waals surface area contributed by atoms with Gasteiger partial charge in [0.25, 0.3) is 5.91 Å². The molecule has 152 valence electrons. The molecule has 1 saturated heterocycles. The van der Waals surface area contributed by atoms with Crippen molar-refractivity contribution in [3.05, 3.63) is 58.2 Å². The second-order valence-corrected chi connectivity index (χ2v) is 10.4. The minimum Gasteiger partial charge on any atom is -0.335 e. The molecule has 1 aliphatic rings. The number of sulfonamides is 1. The molecule has 0 spiro atoms. The number of thiazole rings is 1. The Hall–Kier alpha value is -2.14. The number of aromatic nitrogens is 1. The largest absolute Gasteiger partial charge is 0.335 e. The van der Waals surface area contributed by atoms with Crippen LogP contribution < -0.4 is 0 Å². The maximum Gasteiger partial charge on any atom is 0.265 e. The molecule has 0 atom stereocenters. The Morgan fingerprint density at radius 1 is 1.14 bits per heavy atom. The number of rotatable bonds is 4. The molecule has 3 aromatic rings. The van der Waals surface area contributed by atoms with Gasteiger partial charge in [0.2, 0.25) is 10.0 Å². The third kappa shape index (κ3) is 3.97. The van der Waals surface area contributed by atoms with E-state index in [4.69, 9.17) is 0 Å². The summed E-state index contributed by atoms with van der Waals surface area (Å²) in [6.45, 7) is 2.70.